The molecule has 2 rings (SSSR count). The fourth-order valence-electron chi connectivity index (χ4n) is 1.88. The average Bonchev–Trinajstić information content (AvgIpc) is 2.93. The third-order valence-corrected chi connectivity index (χ3v) is 4.60. The van der Waals surface area contributed by atoms with Gasteiger partial charge in [-0.1, -0.05) is 26.0 Å². The summed E-state index contributed by atoms with van der Waals surface area (Å²) >= 11 is 1.31. The first kappa shape index (κ1) is 18.4. The molecule has 0 aliphatic heterocycles. The number of anilines is 2. The van der Waals surface area contributed by atoms with Crippen molar-refractivity contribution in [2.24, 2.45) is 11.7 Å². The average molecular weight is 368 g/mol. The monoisotopic (exact) mass is 368 g/mol. The Morgan fingerprint density at radius 3 is 2.42 bits per heavy atom. The smallest absolute Gasteiger partial charge is 0.243 e. The second-order valence-corrected chi connectivity index (χ2v) is 8.36. The van der Waals surface area contributed by atoms with Crippen LogP contribution in [0.25, 0.3) is 11.3 Å². The molecule has 1 heterocycles. The molecule has 0 saturated heterocycles. The molecule has 0 fully saturated rings. The van der Waals surface area contributed by atoms with Gasteiger partial charge in [0.1, 0.15) is 0 Å². The molecule has 9 heteroatoms. The van der Waals surface area contributed by atoms with Crippen LogP contribution in [0.2, 0.25) is 0 Å². The van der Waals surface area contributed by atoms with E-state index in [9.17, 15) is 13.2 Å². The van der Waals surface area contributed by atoms with E-state index < -0.39 is 16.1 Å². The number of sulfonamides is 1. The number of hydrogen-bond donors (Lipinski definition) is 3. The largest absolute Gasteiger partial charge is 0.320 e. The number of nitrogens with two attached hydrogens (primary N) is 1. The molecule has 1 aromatic carbocycles. The zero-order valence-electron chi connectivity index (χ0n) is 13.6. The summed E-state index contributed by atoms with van der Waals surface area (Å²) in [5.74, 6) is -0.224. The third kappa shape index (κ3) is 5.02. The van der Waals surface area contributed by atoms with E-state index in [2.05, 4.69) is 15.0 Å². The van der Waals surface area contributed by atoms with Gasteiger partial charge in [0.2, 0.25) is 15.9 Å². The molecule has 7 nitrogen and oxygen atoms in total. The molecule has 0 spiro atoms. The van der Waals surface area contributed by atoms with Gasteiger partial charge in [-0.05, 0) is 18.1 Å². The van der Waals surface area contributed by atoms with Gasteiger partial charge in [0.25, 0.3) is 0 Å². The van der Waals surface area contributed by atoms with Crippen molar-refractivity contribution in [2.45, 2.75) is 19.9 Å². The van der Waals surface area contributed by atoms with Crippen LogP contribution in [0.15, 0.2) is 29.6 Å². The minimum atomic E-state index is -3.30. The molecular weight excluding hydrogens is 348 g/mol. The highest BCUT2D eigenvalue weighted by Gasteiger charge is 2.18. The molecule has 0 aliphatic rings. The first-order valence-corrected chi connectivity index (χ1v) is 10.0. The standard InChI is InChI=1S/C15H20N4O3S2/c1-9(2)13(16)14(20)18-15-17-12(8-23-15)10-4-6-11(7-5-10)19-24(3,21)22/h4-9,13,19H,16H2,1-3H3,(H,17,18,20). The van der Waals surface area contributed by atoms with Crippen LogP contribution in [0.1, 0.15) is 13.8 Å². The van der Waals surface area contributed by atoms with Gasteiger partial charge in [0.05, 0.1) is 18.0 Å². The SMILES string of the molecule is CC(C)C(N)C(=O)Nc1nc(-c2ccc(NS(C)(=O)=O)cc2)cs1. The minimum Gasteiger partial charge on any atom is -0.320 e. The van der Waals surface area contributed by atoms with Gasteiger partial charge in [0.15, 0.2) is 5.13 Å². The van der Waals surface area contributed by atoms with Crippen LogP contribution in [-0.2, 0) is 14.8 Å². The Kier molecular flexibility index (Phi) is 5.58. The van der Waals surface area contributed by atoms with Crippen LogP contribution in [0, 0.1) is 5.92 Å². The van der Waals surface area contributed by atoms with Gasteiger partial charge >= 0.3 is 0 Å². The zero-order chi connectivity index (χ0) is 17.9. The minimum absolute atomic E-state index is 0.0410. The Bertz CT molecular complexity index is 813. The van der Waals surface area contributed by atoms with Crippen molar-refractivity contribution in [3.05, 3.63) is 29.6 Å². The number of amides is 1. The second kappa shape index (κ2) is 7.29. The summed E-state index contributed by atoms with van der Waals surface area (Å²) in [6.07, 6.45) is 1.10. The molecule has 130 valence electrons. The zero-order valence-corrected chi connectivity index (χ0v) is 15.2. The third-order valence-electron chi connectivity index (χ3n) is 3.24. The van der Waals surface area contributed by atoms with E-state index >= 15 is 0 Å². The summed E-state index contributed by atoms with van der Waals surface area (Å²) in [4.78, 5) is 16.3. The van der Waals surface area contributed by atoms with E-state index in [1.807, 2.05) is 19.2 Å². The van der Waals surface area contributed by atoms with Crippen LogP contribution in [-0.4, -0.2) is 31.6 Å². The maximum absolute atomic E-state index is 11.9. The summed E-state index contributed by atoms with van der Waals surface area (Å²) in [5, 5.41) is 5.00. The fourth-order valence-corrected chi connectivity index (χ4v) is 3.17. The molecule has 24 heavy (non-hydrogen) atoms. The van der Waals surface area contributed by atoms with Crippen molar-refractivity contribution in [3.8, 4) is 11.3 Å². The number of nitrogens with one attached hydrogen (secondary N) is 2. The molecule has 1 amide bonds. The lowest BCUT2D eigenvalue weighted by molar-refractivity contribution is -0.118. The van der Waals surface area contributed by atoms with Crippen molar-refractivity contribution >= 4 is 38.1 Å². The van der Waals surface area contributed by atoms with Crippen LogP contribution in [0.5, 0.6) is 0 Å². The number of nitrogens with zero attached hydrogens (tertiary/aromatic N) is 1. The summed E-state index contributed by atoms with van der Waals surface area (Å²) in [6, 6.07) is 6.24. The molecule has 2 aromatic rings. The van der Waals surface area contributed by atoms with Gasteiger partial charge in [0, 0.05) is 16.6 Å². The molecule has 4 N–H and O–H groups in total. The van der Waals surface area contributed by atoms with Crippen molar-refractivity contribution in [1.29, 1.82) is 0 Å². The molecule has 0 radical (unpaired) electrons. The van der Waals surface area contributed by atoms with Gasteiger partial charge in [-0.3, -0.25) is 9.52 Å². The maximum Gasteiger partial charge on any atom is 0.243 e. The number of carbonyl (C=O) groups excluding carboxylic acids is 1. The molecule has 1 atom stereocenters. The van der Waals surface area contributed by atoms with E-state index in [0.29, 0.717) is 16.5 Å². The molecule has 0 aliphatic carbocycles. The van der Waals surface area contributed by atoms with Gasteiger partial charge in [-0.2, -0.15) is 0 Å². The maximum atomic E-state index is 11.9. The Morgan fingerprint density at radius 1 is 1.25 bits per heavy atom. The van der Waals surface area contributed by atoms with E-state index in [0.717, 1.165) is 11.8 Å². The number of carbonyl (C=O) groups is 1. The van der Waals surface area contributed by atoms with Crippen molar-refractivity contribution in [1.82, 2.24) is 4.98 Å². The lowest BCUT2D eigenvalue weighted by Crippen LogP contribution is -2.39. The highest BCUT2D eigenvalue weighted by atomic mass is 32.2. The Morgan fingerprint density at radius 2 is 1.88 bits per heavy atom. The number of benzene rings is 1. The summed E-state index contributed by atoms with van der Waals surface area (Å²) in [6.45, 7) is 3.76. The molecule has 0 bridgehead atoms. The number of aromatic nitrogens is 1. The van der Waals surface area contributed by atoms with Gasteiger partial charge in [-0.15, -0.1) is 11.3 Å². The molecular formula is C15H20N4O3S2. The molecule has 1 aromatic heterocycles. The first-order chi connectivity index (χ1) is 11.2. The van der Waals surface area contributed by atoms with E-state index in [-0.39, 0.29) is 11.8 Å². The Labute approximate surface area is 145 Å². The quantitative estimate of drug-likeness (QED) is 0.722. The highest BCUT2D eigenvalue weighted by molar-refractivity contribution is 7.92. The predicted molar refractivity (Wildman–Crippen MR) is 97.5 cm³/mol. The summed E-state index contributed by atoms with van der Waals surface area (Å²) < 4.78 is 24.8. The summed E-state index contributed by atoms with van der Waals surface area (Å²) in [5.41, 5.74) is 7.79. The van der Waals surface area contributed by atoms with Crippen molar-refractivity contribution < 1.29 is 13.2 Å². The Hall–Kier alpha value is -1.97. The second-order valence-electron chi connectivity index (χ2n) is 5.75. The van der Waals surface area contributed by atoms with Crippen LogP contribution >= 0.6 is 11.3 Å². The molecule has 1 unspecified atom stereocenters. The van der Waals surface area contributed by atoms with Gasteiger partial charge < -0.3 is 11.1 Å². The van der Waals surface area contributed by atoms with Crippen LogP contribution < -0.4 is 15.8 Å². The van der Waals surface area contributed by atoms with E-state index in [1.165, 1.54) is 11.3 Å². The normalized spacial score (nSPS) is 12.9. The number of thiazole rings is 1. The number of rotatable bonds is 6. The lowest BCUT2D eigenvalue weighted by atomic mass is 10.1. The summed E-state index contributed by atoms with van der Waals surface area (Å²) in [7, 11) is -3.30. The van der Waals surface area contributed by atoms with Crippen LogP contribution in [0.3, 0.4) is 0 Å². The van der Waals surface area contributed by atoms with Crippen LogP contribution in [0.4, 0.5) is 10.8 Å². The van der Waals surface area contributed by atoms with Gasteiger partial charge in [-0.25, -0.2) is 13.4 Å². The fraction of sp³-hybridized carbons (Fsp3) is 0.333. The highest BCUT2D eigenvalue weighted by Crippen LogP contribution is 2.26. The van der Waals surface area contributed by atoms with E-state index in [1.54, 1.807) is 24.3 Å². The van der Waals surface area contributed by atoms with E-state index in [4.69, 9.17) is 5.73 Å². The Balaban J connectivity index is 2.09. The van der Waals surface area contributed by atoms with Crippen molar-refractivity contribution in [2.75, 3.05) is 16.3 Å². The first-order valence-electron chi connectivity index (χ1n) is 7.26. The molecule has 0 saturated carbocycles. The lowest BCUT2D eigenvalue weighted by Gasteiger charge is -2.13. The number of hydrogen-bond acceptors (Lipinski definition) is 6. The van der Waals surface area contributed by atoms with Crippen molar-refractivity contribution in [3.63, 3.8) is 0 Å². The topological polar surface area (TPSA) is 114 Å². The predicted octanol–water partition coefficient (Wildman–Crippen LogP) is 2.10.